The zero-order valence-corrected chi connectivity index (χ0v) is 8.59. The second-order valence-corrected chi connectivity index (χ2v) is 4.28. The molecule has 3 nitrogen and oxygen atoms in total. The van der Waals surface area contributed by atoms with Crippen LogP contribution in [0.25, 0.3) is 0 Å². The molecule has 0 saturated carbocycles. The maximum absolute atomic E-state index is 12.2. The highest BCUT2D eigenvalue weighted by atomic mass is 19.3. The van der Waals surface area contributed by atoms with E-state index in [1.165, 1.54) is 4.68 Å². The molecule has 1 aromatic heterocycles. The van der Waals surface area contributed by atoms with Gasteiger partial charge in [-0.25, -0.2) is 8.78 Å². The van der Waals surface area contributed by atoms with Crippen molar-refractivity contribution >= 4 is 5.82 Å². The van der Waals surface area contributed by atoms with E-state index in [0.29, 0.717) is 0 Å². The molecule has 1 aromatic rings. The lowest BCUT2D eigenvalue weighted by Gasteiger charge is -2.19. The molecule has 0 aliphatic heterocycles. The highest BCUT2D eigenvalue weighted by Crippen LogP contribution is 2.24. The van der Waals surface area contributed by atoms with E-state index in [9.17, 15) is 8.78 Å². The average Bonchev–Trinajstić information content (AvgIpc) is 2.28. The van der Waals surface area contributed by atoms with E-state index >= 15 is 0 Å². The van der Waals surface area contributed by atoms with Gasteiger partial charge in [-0.05, 0) is 0 Å². The van der Waals surface area contributed by atoms with Gasteiger partial charge in [-0.2, -0.15) is 5.10 Å². The molecule has 1 heterocycles. The molecule has 0 atom stereocenters. The van der Waals surface area contributed by atoms with Crippen LogP contribution in [0.2, 0.25) is 0 Å². The van der Waals surface area contributed by atoms with E-state index in [2.05, 4.69) is 5.10 Å². The van der Waals surface area contributed by atoms with Crippen LogP contribution in [0.1, 0.15) is 26.5 Å². The fraction of sp³-hybridized carbons (Fsp3) is 0.667. The molecule has 0 aromatic carbocycles. The normalized spacial score (nSPS) is 12.4. The van der Waals surface area contributed by atoms with Gasteiger partial charge in [0.05, 0.1) is 0 Å². The van der Waals surface area contributed by atoms with E-state index < -0.39 is 13.0 Å². The summed E-state index contributed by atoms with van der Waals surface area (Å²) in [7, 11) is 0. The highest BCUT2D eigenvalue weighted by molar-refractivity contribution is 5.32. The second-order valence-electron chi connectivity index (χ2n) is 4.28. The molecule has 0 aliphatic rings. The lowest BCUT2D eigenvalue weighted by Crippen LogP contribution is -2.20. The van der Waals surface area contributed by atoms with Gasteiger partial charge in [0.1, 0.15) is 12.4 Å². The van der Waals surface area contributed by atoms with Crippen molar-refractivity contribution in [2.24, 2.45) is 0 Å². The first kappa shape index (κ1) is 10.9. The molecule has 5 heteroatoms. The minimum atomic E-state index is -2.41. The highest BCUT2D eigenvalue weighted by Gasteiger charge is 2.21. The summed E-state index contributed by atoms with van der Waals surface area (Å²) in [6.07, 6.45) is -2.41. The smallest absolute Gasteiger partial charge is 0.257 e. The Balaban J connectivity index is 3.03. The van der Waals surface area contributed by atoms with Crippen LogP contribution in [0.5, 0.6) is 0 Å². The number of hydrogen-bond acceptors (Lipinski definition) is 2. The Labute approximate surface area is 81.9 Å². The van der Waals surface area contributed by atoms with Gasteiger partial charge in [-0.1, -0.05) is 20.8 Å². The molecule has 0 aliphatic carbocycles. The molecule has 0 spiro atoms. The molecule has 0 amide bonds. The number of hydrogen-bond donors (Lipinski definition) is 1. The first-order chi connectivity index (χ1) is 6.30. The molecule has 1 rings (SSSR count). The number of nitrogen functional groups attached to an aromatic ring is 1. The van der Waals surface area contributed by atoms with Crippen molar-refractivity contribution in [1.29, 1.82) is 0 Å². The van der Waals surface area contributed by atoms with Gasteiger partial charge in [0.25, 0.3) is 6.43 Å². The molecular weight excluding hydrogens is 188 g/mol. The van der Waals surface area contributed by atoms with E-state index in [4.69, 9.17) is 5.73 Å². The predicted molar refractivity (Wildman–Crippen MR) is 51.3 cm³/mol. The Bertz CT molecular complexity index is 312. The predicted octanol–water partition coefficient (Wildman–Crippen LogP) is 2.03. The van der Waals surface area contributed by atoms with Crippen LogP contribution in [0, 0.1) is 0 Å². The van der Waals surface area contributed by atoms with Crippen molar-refractivity contribution in [3.8, 4) is 0 Å². The molecular formula is C9H15F2N3. The third-order valence-corrected chi connectivity index (χ3v) is 1.88. The monoisotopic (exact) mass is 203 g/mol. The van der Waals surface area contributed by atoms with Crippen LogP contribution in [0.15, 0.2) is 6.07 Å². The molecule has 80 valence electrons. The number of anilines is 1. The summed E-state index contributed by atoms with van der Waals surface area (Å²) in [5.74, 6) is 0.288. The van der Waals surface area contributed by atoms with Gasteiger partial charge in [-0.3, -0.25) is 4.68 Å². The first-order valence-corrected chi connectivity index (χ1v) is 4.42. The topological polar surface area (TPSA) is 43.8 Å². The fourth-order valence-corrected chi connectivity index (χ4v) is 1.31. The number of aromatic nitrogens is 2. The van der Waals surface area contributed by atoms with Crippen LogP contribution < -0.4 is 5.73 Å². The molecule has 0 radical (unpaired) electrons. The van der Waals surface area contributed by atoms with Crippen LogP contribution in [-0.2, 0) is 12.0 Å². The number of halogens is 2. The second kappa shape index (κ2) is 3.55. The van der Waals surface area contributed by atoms with Gasteiger partial charge in [0.2, 0.25) is 0 Å². The maximum atomic E-state index is 12.2. The van der Waals surface area contributed by atoms with Crippen molar-refractivity contribution in [3.05, 3.63) is 11.8 Å². The summed E-state index contributed by atoms with van der Waals surface area (Å²) in [6, 6.07) is 1.64. The van der Waals surface area contributed by atoms with Gasteiger partial charge >= 0.3 is 0 Å². The lowest BCUT2D eigenvalue weighted by molar-refractivity contribution is 0.119. The number of nitrogens with two attached hydrogens (primary N) is 1. The molecule has 14 heavy (non-hydrogen) atoms. The van der Waals surface area contributed by atoms with E-state index in [1.807, 2.05) is 20.8 Å². The van der Waals surface area contributed by atoms with Gasteiger partial charge in [0, 0.05) is 17.2 Å². The Hall–Kier alpha value is -1.13. The fourth-order valence-electron chi connectivity index (χ4n) is 1.31. The molecule has 0 fully saturated rings. The van der Waals surface area contributed by atoms with E-state index in [1.54, 1.807) is 6.07 Å². The zero-order valence-electron chi connectivity index (χ0n) is 8.59. The third kappa shape index (κ3) is 2.43. The lowest BCUT2D eigenvalue weighted by atomic mass is 9.92. The number of nitrogens with zero attached hydrogens (tertiary/aromatic N) is 2. The van der Waals surface area contributed by atoms with Crippen molar-refractivity contribution < 1.29 is 8.78 Å². The summed E-state index contributed by atoms with van der Waals surface area (Å²) in [4.78, 5) is 0. The summed E-state index contributed by atoms with van der Waals surface area (Å²) in [6.45, 7) is 5.41. The maximum Gasteiger partial charge on any atom is 0.257 e. The van der Waals surface area contributed by atoms with Gasteiger partial charge in [-0.15, -0.1) is 0 Å². The van der Waals surface area contributed by atoms with Crippen LogP contribution in [0.4, 0.5) is 14.6 Å². The Morgan fingerprint density at radius 1 is 1.50 bits per heavy atom. The average molecular weight is 203 g/mol. The third-order valence-electron chi connectivity index (χ3n) is 1.88. The van der Waals surface area contributed by atoms with Crippen molar-refractivity contribution in [2.75, 3.05) is 5.73 Å². The Kier molecular flexibility index (Phi) is 2.78. The Morgan fingerprint density at radius 3 is 2.50 bits per heavy atom. The van der Waals surface area contributed by atoms with Crippen molar-refractivity contribution in [2.45, 2.75) is 39.2 Å². The number of rotatable bonds is 2. The Morgan fingerprint density at radius 2 is 2.07 bits per heavy atom. The van der Waals surface area contributed by atoms with Crippen LogP contribution >= 0.6 is 0 Å². The summed E-state index contributed by atoms with van der Waals surface area (Å²) < 4.78 is 25.7. The largest absolute Gasteiger partial charge is 0.382 e. The standard InChI is InChI=1S/C9H15F2N3/c1-9(2,3)6-4-8(12)13-14(6)5-7(10)11/h4,7H,5H2,1-3H3,(H2,12,13). The number of alkyl halides is 2. The van der Waals surface area contributed by atoms with E-state index in [0.717, 1.165) is 5.69 Å². The van der Waals surface area contributed by atoms with Gasteiger partial charge < -0.3 is 5.73 Å². The molecule has 0 saturated heterocycles. The van der Waals surface area contributed by atoms with Crippen molar-refractivity contribution in [1.82, 2.24) is 9.78 Å². The minimum absolute atomic E-state index is 0.223. The van der Waals surface area contributed by atoms with Crippen LogP contribution in [-0.4, -0.2) is 16.2 Å². The van der Waals surface area contributed by atoms with Gasteiger partial charge in [0.15, 0.2) is 0 Å². The first-order valence-electron chi connectivity index (χ1n) is 4.42. The quantitative estimate of drug-likeness (QED) is 0.799. The summed E-state index contributed by atoms with van der Waals surface area (Å²) >= 11 is 0. The summed E-state index contributed by atoms with van der Waals surface area (Å²) in [5.41, 5.74) is 5.98. The van der Waals surface area contributed by atoms with Crippen LogP contribution in [0.3, 0.4) is 0 Å². The molecule has 2 N–H and O–H groups in total. The van der Waals surface area contributed by atoms with E-state index in [-0.39, 0.29) is 11.2 Å². The summed E-state index contributed by atoms with van der Waals surface area (Å²) in [5, 5.41) is 3.83. The molecule has 0 bridgehead atoms. The van der Waals surface area contributed by atoms with Crippen molar-refractivity contribution in [3.63, 3.8) is 0 Å². The SMILES string of the molecule is CC(C)(C)c1cc(N)nn1CC(F)F. The zero-order chi connectivity index (χ0) is 10.9. The minimum Gasteiger partial charge on any atom is -0.382 e. The molecule has 0 unspecified atom stereocenters.